The molecule has 20 heavy (non-hydrogen) atoms. The van der Waals surface area contributed by atoms with Gasteiger partial charge in [-0.05, 0) is 12.0 Å². The molecule has 0 bridgehead atoms. The average molecular weight is 282 g/mol. The standard InChI is InChI=1S/C14H26N4O2/c1-10(2)13-16-11(20-17-13)6-7-12(19)18(5)9-14(3,4)8-15/h10H,6-9,15H2,1-5H3. The summed E-state index contributed by atoms with van der Waals surface area (Å²) in [4.78, 5) is 18.0. The van der Waals surface area contributed by atoms with Crippen LogP contribution >= 0.6 is 0 Å². The average Bonchev–Trinajstić information content (AvgIpc) is 2.84. The van der Waals surface area contributed by atoms with Crippen LogP contribution in [-0.2, 0) is 11.2 Å². The van der Waals surface area contributed by atoms with Crippen molar-refractivity contribution in [2.24, 2.45) is 11.1 Å². The second kappa shape index (κ2) is 6.83. The number of rotatable bonds is 7. The van der Waals surface area contributed by atoms with Gasteiger partial charge in [-0.25, -0.2) is 0 Å². The van der Waals surface area contributed by atoms with E-state index >= 15 is 0 Å². The van der Waals surface area contributed by atoms with E-state index in [4.69, 9.17) is 10.3 Å². The third kappa shape index (κ3) is 4.92. The number of aromatic nitrogens is 2. The quantitative estimate of drug-likeness (QED) is 0.820. The van der Waals surface area contributed by atoms with Crippen molar-refractivity contribution in [1.82, 2.24) is 15.0 Å². The Morgan fingerprint density at radius 2 is 2.10 bits per heavy atom. The topological polar surface area (TPSA) is 85.2 Å². The summed E-state index contributed by atoms with van der Waals surface area (Å²) in [5.74, 6) is 1.51. The minimum Gasteiger partial charge on any atom is -0.345 e. The smallest absolute Gasteiger partial charge is 0.227 e. The van der Waals surface area contributed by atoms with Crippen molar-refractivity contribution >= 4 is 5.91 Å². The molecule has 1 aromatic rings. The summed E-state index contributed by atoms with van der Waals surface area (Å²) in [5, 5.41) is 3.88. The number of carbonyl (C=O) groups excluding carboxylic acids is 1. The Bertz CT molecular complexity index is 440. The first-order chi connectivity index (χ1) is 9.25. The first-order valence-corrected chi connectivity index (χ1v) is 7.01. The molecule has 0 radical (unpaired) electrons. The molecule has 0 fully saturated rings. The highest BCUT2D eigenvalue weighted by atomic mass is 16.5. The minimum atomic E-state index is -0.0697. The lowest BCUT2D eigenvalue weighted by molar-refractivity contribution is -0.131. The van der Waals surface area contributed by atoms with Crippen LogP contribution in [0.2, 0.25) is 0 Å². The highest BCUT2D eigenvalue weighted by molar-refractivity contribution is 5.76. The lowest BCUT2D eigenvalue weighted by Gasteiger charge is -2.29. The fraction of sp³-hybridized carbons (Fsp3) is 0.786. The molecule has 0 aromatic carbocycles. The first kappa shape index (κ1) is 16.6. The summed E-state index contributed by atoms with van der Waals surface area (Å²) in [6, 6.07) is 0. The Balaban J connectivity index is 2.46. The SMILES string of the molecule is CC(C)c1noc(CCC(=O)N(C)CC(C)(C)CN)n1. The maximum atomic E-state index is 12.0. The third-order valence-corrected chi connectivity index (χ3v) is 3.20. The molecule has 1 aromatic heterocycles. The van der Waals surface area contributed by atoms with Crippen LogP contribution in [0.1, 0.15) is 51.7 Å². The highest BCUT2D eigenvalue weighted by Gasteiger charge is 2.21. The summed E-state index contributed by atoms with van der Waals surface area (Å²) >= 11 is 0. The van der Waals surface area contributed by atoms with Gasteiger partial charge in [0.25, 0.3) is 0 Å². The Labute approximate surface area is 120 Å². The summed E-state index contributed by atoms with van der Waals surface area (Å²) in [6.07, 6.45) is 0.850. The molecule has 0 aliphatic carbocycles. The van der Waals surface area contributed by atoms with Crippen molar-refractivity contribution in [3.05, 3.63) is 11.7 Å². The molecule has 0 aliphatic rings. The predicted octanol–water partition coefficient (Wildman–Crippen LogP) is 1.57. The molecule has 0 saturated carbocycles. The lowest BCUT2D eigenvalue weighted by atomic mass is 9.93. The van der Waals surface area contributed by atoms with E-state index in [1.165, 1.54) is 0 Å². The van der Waals surface area contributed by atoms with Gasteiger partial charge in [0.2, 0.25) is 11.8 Å². The zero-order valence-electron chi connectivity index (χ0n) is 13.1. The van der Waals surface area contributed by atoms with E-state index in [0.29, 0.717) is 37.6 Å². The fourth-order valence-corrected chi connectivity index (χ4v) is 1.80. The number of amides is 1. The maximum absolute atomic E-state index is 12.0. The van der Waals surface area contributed by atoms with Crippen LogP contribution in [0.25, 0.3) is 0 Å². The Morgan fingerprint density at radius 3 is 2.60 bits per heavy atom. The van der Waals surface area contributed by atoms with Gasteiger partial charge in [0, 0.05) is 32.4 Å². The second-order valence-corrected chi connectivity index (χ2v) is 6.32. The van der Waals surface area contributed by atoms with Crippen molar-refractivity contribution in [3.63, 3.8) is 0 Å². The maximum Gasteiger partial charge on any atom is 0.227 e. The second-order valence-electron chi connectivity index (χ2n) is 6.32. The van der Waals surface area contributed by atoms with Crippen molar-refractivity contribution in [2.75, 3.05) is 20.1 Å². The Kier molecular flexibility index (Phi) is 5.68. The molecule has 6 heteroatoms. The first-order valence-electron chi connectivity index (χ1n) is 7.01. The van der Waals surface area contributed by atoms with Gasteiger partial charge in [0.15, 0.2) is 5.82 Å². The molecule has 0 unspecified atom stereocenters. The van der Waals surface area contributed by atoms with E-state index in [1.807, 2.05) is 27.7 Å². The molecule has 0 atom stereocenters. The summed E-state index contributed by atoms with van der Waals surface area (Å²) in [5.41, 5.74) is 5.61. The molecular formula is C14H26N4O2. The fourth-order valence-electron chi connectivity index (χ4n) is 1.80. The van der Waals surface area contributed by atoms with E-state index in [-0.39, 0.29) is 17.2 Å². The van der Waals surface area contributed by atoms with Gasteiger partial charge in [-0.15, -0.1) is 0 Å². The molecule has 0 spiro atoms. The van der Waals surface area contributed by atoms with Gasteiger partial charge < -0.3 is 15.2 Å². The summed E-state index contributed by atoms with van der Waals surface area (Å²) in [7, 11) is 1.80. The molecular weight excluding hydrogens is 256 g/mol. The van der Waals surface area contributed by atoms with Crippen LogP contribution in [-0.4, -0.2) is 41.1 Å². The van der Waals surface area contributed by atoms with Crippen molar-refractivity contribution in [2.45, 2.75) is 46.5 Å². The highest BCUT2D eigenvalue weighted by Crippen LogP contribution is 2.15. The number of nitrogens with zero attached hydrogens (tertiary/aromatic N) is 3. The monoisotopic (exact) mass is 282 g/mol. The molecule has 0 saturated heterocycles. The zero-order valence-corrected chi connectivity index (χ0v) is 13.1. The minimum absolute atomic E-state index is 0.0656. The number of carbonyl (C=O) groups is 1. The number of hydrogen-bond acceptors (Lipinski definition) is 5. The molecule has 1 heterocycles. The Hall–Kier alpha value is -1.43. The van der Waals surface area contributed by atoms with Gasteiger partial charge in [-0.1, -0.05) is 32.9 Å². The van der Waals surface area contributed by atoms with Gasteiger partial charge in [-0.2, -0.15) is 4.98 Å². The van der Waals surface area contributed by atoms with Gasteiger partial charge in [0.05, 0.1) is 0 Å². The van der Waals surface area contributed by atoms with Crippen molar-refractivity contribution < 1.29 is 9.32 Å². The van der Waals surface area contributed by atoms with Crippen molar-refractivity contribution in [3.8, 4) is 0 Å². The molecule has 6 nitrogen and oxygen atoms in total. The molecule has 114 valence electrons. The van der Waals surface area contributed by atoms with Gasteiger partial charge >= 0.3 is 0 Å². The lowest BCUT2D eigenvalue weighted by Crippen LogP contribution is -2.39. The molecule has 1 amide bonds. The summed E-state index contributed by atoms with van der Waals surface area (Å²) < 4.78 is 5.13. The van der Waals surface area contributed by atoms with E-state index in [2.05, 4.69) is 10.1 Å². The number of hydrogen-bond donors (Lipinski definition) is 1. The number of nitrogens with two attached hydrogens (primary N) is 1. The molecule has 1 rings (SSSR count). The van der Waals surface area contributed by atoms with Crippen LogP contribution in [0.15, 0.2) is 4.52 Å². The van der Waals surface area contributed by atoms with Crippen LogP contribution < -0.4 is 5.73 Å². The van der Waals surface area contributed by atoms with E-state index < -0.39 is 0 Å². The predicted molar refractivity (Wildman–Crippen MR) is 77.2 cm³/mol. The molecule has 2 N–H and O–H groups in total. The van der Waals surface area contributed by atoms with Crippen LogP contribution in [0.3, 0.4) is 0 Å². The van der Waals surface area contributed by atoms with Crippen LogP contribution in [0.5, 0.6) is 0 Å². The largest absolute Gasteiger partial charge is 0.345 e. The van der Waals surface area contributed by atoms with E-state index in [9.17, 15) is 4.79 Å². The van der Waals surface area contributed by atoms with Gasteiger partial charge in [0.1, 0.15) is 0 Å². The Morgan fingerprint density at radius 1 is 1.45 bits per heavy atom. The zero-order chi connectivity index (χ0) is 15.3. The van der Waals surface area contributed by atoms with E-state index in [1.54, 1.807) is 11.9 Å². The van der Waals surface area contributed by atoms with Crippen LogP contribution in [0, 0.1) is 5.41 Å². The van der Waals surface area contributed by atoms with E-state index in [0.717, 1.165) is 0 Å². The van der Waals surface area contributed by atoms with Crippen molar-refractivity contribution in [1.29, 1.82) is 0 Å². The third-order valence-electron chi connectivity index (χ3n) is 3.20. The molecule has 0 aliphatic heterocycles. The van der Waals surface area contributed by atoms with Gasteiger partial charge in [-0.3, -0.25) is 4.79 Å². The normalized spacial score (nSPS) is 11.9. The summed E-state index contributed by atoms with van der Waals surface area (Å²) in [6.45, 7) is 9.29. The van der Waals surface area contributed by atoms with Crippen LogP contribution in [0.4, 0.5) is 0 Å². The number of aryl methyl sites for hydroxylation is 1.